The molecule has 3 rings (SSSR count). The first-order valence-corrected chi connectivity index (χ1v) is 6.75. The van der Waals surface area contributed by atoms with Crippen molar-refractivity contribution in [1.82, 2.24) is 20.2 Å². The van der Waals surface area contributed by atoms with Crippen LogP contribution >= 0.6 is 15.9 Å². The highest BCUT2D eigenvalue weighted by Crippen LogP contribution is 2.31. The normalized spacial score (nSPS) is 10.9. The van der Waals surface area contributed by atoms with E-state index in [-0.39, 0.29) is 5.95 Å². The van der Waals surface area contributed by atoms with Crippen LogP contribution in [-0.2, 0) is 0 Å². The van der Waals surface area contributed by atoms with Gasteiger partial charge in [0.15, 0.2) is 5.65 Å². The van der Waals surface area contributed by atoms with Gasteiger partial charge in [0.05, 0.1) is 6.20 Å². The summed E-state index contributed by atoms with van der Waals surface area (Å²) in [4.78, 5) is 8.17. The minimum Gasteiger partial charge on any atom is -0.438 e. The van der Waals surface area contributed by atoms with Crippen LogP contribution in [0, 0.1) is 13.8 Å². The van der Waals surface area contributed by atoms with Crippen molar-refractivity contribution in [3.8, 4) is 11.6 Å². The molecule has 0 saturated heterocycles. The van der Waals surface area contributed by atoms with E-state index in [4.69, 9.17) is 10.5 Å². The lowest BCUT2D eigenvalue weighted by molar-refractivity contribution is 0.468. The van der Waals surface area contributed by atoms with Crippen LogP contribution in [0.2, 0.25) is 0 Å². The summed E-state index contributed by atoms with van der Waals surface area (Å²) in [5, 5.41) is 7.37. The van der Waals surface area contributed by atoms with Crippen molar-refractivity contribution in [2.24, 2.45) is 0 Å². The van der Waals surface area contributed by atoms with Gasteiger partial charge in [-0.3, -0.25) is 5.10 Å². The lowest BCUT2D eigenvalue weighted by atomic mass is 10.1. The number of H-pyrrole nitrogens is 1. The minimum atomic E-state index is 0.141. The lowest BCUT2D eigenvalue weighted by Crippen LogP contribution is -1.98. The number of ether oxygens (including phenoxy) is 1. The molecule has 0 aliphatic rings. The zero-order valence-electron chi connectivity index (χ0n) is 10.9. The van der Waals surface area contributed by atoms with E-state index in [1.54, 1.807) is 6.20 Å². The molecule has 2 heterocycles. The average molecular weight is 334 g/mol. The van der Waals surface area contributed by atoms with Crippen LogP contribution in [0.3, 0.4) is 0 Å². The molecule has 0 saturated carbocycles. The molecule has 3 N–H and O–H groups in total. The Labute approximate surface area is 123 Å². The van der Waals surface area contributed by atoms with Gasteiger partial charge in [0.2, 0.25) is 11.8 Å². The van der Waals surface area contributed by atoms with Gasteiger partial charge < -0.3 is 10.5 Å². The van der Waals surface area contributed by atoms with Crippen molar-refractivity contribution in [2.45, 2.75) is 13.8 Å². The van der Waals surface area contributed by atoms with E-state index in [0.717, 1.165) is 15.6 Å². The zero-order chi connectivity index (χ0) is 14.3. The van der Waals surface area contributed by atoms with Crippen LogP contribution in [0.5, 0.6) is 11.6 Å². The first-order valence-electron chi connectivity index (χ1n) is 5.96. The number of aryl methyl sites for hydroxylation is 2. The summed E-state index contributed by atoms with van der Waals surface area (Å²) >= 11 is 3.53. The van der Waals surface area contributed by atoms with Crippen molar-refractivity contribution in [3.63, 3.8) is 0 Å². The molecule has 0 aliphatic heterocycles. The van der Waals surface area contributed by atoms with E-state index in [1.165, 1.54) is 0 Å². The molecular formula is C13H12BrN5O. The summed E-state index contributed by atoms with van der Waals surface area (Å²) in [7, 11) is 0. The highest BCUT2D eigenvalue weighted by Gasteiger charge is 2.11. The van der Waals surface area contributed by atoms with Crippen molar-refractivity contribution >= 4 is 32.9 Å². The van der Waals surface area contributed by atoms with Gasteiger partial charge in [0.1, 0.15) is 11.1 Å². The number of benzene rings is 1. The number of fused-ring (bicyclic) bond motifs is 1. The Morgan fingerprint density at radius 3 is 2.60 bits per heavy atom. The van der Waals surface area contributed by atoms with E-state index in [1.807, 2.05) is 26.0 Å². The predicted molar refractivity (Wildman–Crippen MR) is 79.8 cm³/mol. The Bertz CT molecular complexity index is 776. The summed E-state index contributed by atoms with van der Waals surface area (Å²) in [5.41, 5.74) is 8.39. The topological polar surface area (TPSA) is 89.7 Å². The Balaban J connectivity index is 2.07. The number of aromatic nitrogens is 4. The number of nitrogen functional groups attached to an aromatic ring is 1. The van der Waals surface area contributed by atoms with E-state index in [9.17, 15) is 0 Å². The predicted octanol–water partition coefficient (Wildman–Crippen LogP) is 3.11. The molecule has 0 fully saturated rings. The number of nitrogens with one attached hydrogen (secondary N) is 1. The summed E-state index contributed by atoms with van der Waals surface area (Å²) < 4.78 is 6.91. The van der Waals surface area contributed by atoms with Crippen LogP contribution in [0.4, 0.5) is 5.95 Å². The standard InChI is InChI=1S/C13H12BrN5O/c1-6-3-8(4-7(2)10(6)14)20-12-9-5-16-19-11(9)17-13(15)18-12/h3-5H,1-2H3,(H3,15,16,17,18,19). The van der Waals surface area contributed by atoms with Gasteiger partial charge in [-0.25, -0.2) is 0 Å². The minimum absolute atomic E-state index is 0.141. The van der Waals surface area contributed by atoms with Gasteiger partial charge in [-0.2, -0.15) is 15.1 Å². The summed E-state index contributed by atoms with van der Waals surface area (Å²) in [6.45, 7) is 4.01. The third-order valence-corrected chi connectivity index (χ3v) is 4.17. The molecule has 2 aromatic heterocycles. The number of hydrogen-bond acceptors (Lipinski definition) is 5. The van der Waals surface area contributed by atoms with Gasteiger partial charge in [0, 0.05) is 4.47 Å². The van der Waals surface area contributed by atoms with Crippen LogP contribution < -0.4 is 10.5 Å². The first kappa shape index (κ1) is 12.9. The van der Waals surface area contributed by atoms with Crippen molar-refractivity contribution in [1.29, 1.82) is 0 Å². The summed E-state index contributed by atoms with van der Waals surface area (Å²) in [6.07, 6.45) is 1.61. The van der Waals surface area contributed by atoms with E-state index < -0.39 is 0 Å². The quantitative estimate of drug-likeness (QED) is 0.752. The Morgan fingerprint density at radius 1 is 1.20 bits per heavy atom. The van der Waals surface area contributed by atoms with Gasteiger partial charge in [0.25, 0.3) is 0 Å². The smallest absolute Gasteiger partial charge is 0.235 e. The Hall–Kier alpha value is -2.15. The maximum atomic E-state index is 5.84. The second kappa shape index (κ2) is 4.75. The number of nitrogens with two attached hydrogens (primary N) is 1. The van der Waals surface area contributed by atoms with E-state index in [0.29, 0.717) is 22.7 Å². The Morgan fingerprint density at radius 2 is 1.90 bits per heavy atom. The lowest BCUT2D eigenvalue weighted by Gasteiger charge is -2.09. The largest absolute Gasteiger partial charge is 0.438 e. The molecule has 0 amide bonds. The molecule has 3 aromatic rings. The number of aromatic amines is 1. The molecule has 7 heteroatoms. The fourth-order valence-corrected chi connectivity index (χ4v) is 2.21. The van der Waals surface area contributed by atoms with Crippen LogP contribution in [0.25, 0.3) is 11.0 Å². The molecule has 6 nitrogen and oxygen atoms in total. The van der Waals surface area contributed by atoms with Crippen LogP contribution in [0.1, 0.15) is 11.1 Å². The zero-order valence-corrected chi connectivity index (χ0v) is 12.5. The van der Waals surface area contributed by atoms with Crippen molar-refractivity contribution in [2.75, 3.05) is 5.73 Å². The first-order chi connectivity index (χ1) is 9.54. The van der Waals surface area contributed by atoms with Gasteiger partial charge in [-0.15, -0.1) is 0 Å². The third kappa shape index (κ3) is 2.20. The second-order valence-corrected chi connectivity index (χ2v) is 5.29. The highest BCUT2D eigenvalue weighted by atomic mass is 79.9. The third-order valence-electron chi connectivity index (χ3n) is 2.92. The molecule has 0 bridgehead atoms. The molecular weight excluding hydrogens is 322 g/mol. The number of halogens is 1. The molecule has 102 valence electrons. The van der Waals surface area contributed by atoms with E-state index in [2.05, 4.69) is 36.1 Å². The number of rotatable bonds is 2. The maximum absolute atomic E-state index is 5.84. The number of nitrogens with zero attached hydrogens (tertiary/aromatic N) is 3. The highest BCUT2D eigenvalue weighted by molar-refractivity contribution is 9.10. The monoisotopic (exact) mass is 333 g/mol. The van der Waals surface area contributed by atoms with Crippen LogP contribution in [-0.4, -0.2) is 20.2 Å². The molecule has 0 spiro atoms. The SMILES string of the molecule is Cc1cc(Oc2nc(N)nc3[nH]ncc23)cc(C)c1Br. The Kier molecular flexibility index (Phi) is 3.06. The number of anilines is 1. The van der Waals surface area contributed by atoms with Crippen molar-refractivity contribution < 1.29 is 4.74 Å². The maximum Gasteiger partial charge on any atom is 0.235 e. The fourth-order valence-electron chi connectivity index (χ4n) is 1.98. The molecule has 0 radical (unpaired) electrons. The molecule has 0 unspecified atom stereocenters. The second-order valence-electron chi connectivity index (χ2n) is 4.49. The number of hydrogen-bond donors (Lipinski definition) is 2. The van der Waals surface area contributed by atoms with E-state index >= 15 is 0 Å². The summed E-state index contributed by atoms with van der Waals surface area (Å²) in [5.74, 6) is 1.23. The fraction of sp³-hybridized carbons (Fsp3) is 0.154. The van der Waals surface area contributed by atoms with Gasteiger partial charge in [-0.1, -0.05) is 15.9 Å². The molecule has 0 aliphatic carbocycles. The molecule has 0 atom stereocenters. The molecule has 1 aromatic carbocycles. The van der Waals surface area contributed by atoms with Crippen molar-refractivity contribution in [3.05, 3.63) is 33.9 Å². The van der Waals surface area contributed by atoms with Gasteiger partial charge in [-0.05, 0) is 37.1 Å². The van der Waals surface area contributed by atoms with Gasteiger partial charge >= 0.3 is 0 Å². The summed E-state index contributed by atoms with van der Waals surface area (Å²) in [6, 6.07) is 3.86. The average Bonchev–Trinajstić information content (AvgIpc) is 2.84. The molecule has 20 heavy (non-hydrogen) atoms. The van der Waals surface area contributed by atoms with Crippen LogP contribution in [0.15, 0.2) is 22.8 Å².